The van der Waals surface area contributed by atoms with Gasteiger partial charge >= 0.3 is 74.8 Å². The number of hydrogen-bond acceptors (Lipinski definition) is 0. The molecule has 0 aliphatic rings. The van der Waals surface area contributed by atoms with Crippen LogP contribution in [0.5, 0.6) is 0 Å². The van der Waals surface area contributed by atoms with Crippen LogP contribution in [0.3, 0.4) is 0 Å². The molecule has 3 heteroatoms. The quantitative estimate of drug-likeness (QED) is 0.681. The van der Waals surface area contributed by atoms with E-state index < -0.39 is 10.4 Å². The van der Waals surface area contributed by atoms with Crippen LogP contribution in [-0.2, 0) is 10.4 Å². The van der Waals surface area contributed by atoms with Crippen molar-refractivity contribution in [1.29, 1.82) is 0 Å². The maximum absolute atomic E-state index is 6.25. The summed E-state index contributed by atoms with van der Waals surface area (Å²) in [5.74, 6) is 0. The van der Waals surface area contributed by atoms with E-state index in [1.54, 1.807) is 0 Å². The van der Waals surface area contributed by atoms with Crippen molar-refractivity contribution in [1.82, 2.24) is 0 Å². The molecule has 67 valence electrons. The first kappa shape index (κ1) is 11.2. The molecule has 0 bridgehead atoms. The van der Waals surface area contributed by atoms with Gasteiger partial charge in [0.2, 0.25) is 0 Å². The summed E-state index contributed by atoms with van der Waals surface area (Å²) in [5.41, 5.74) is 0. The third-order valence-corrected chi connectivity index (χ3v) is 12.9. The van der Waals surface area contributed by atoms with E-state index in [1.807, 2.05) is 0 Å². The van der Waals surface area contributed by atoms with Crippen LogP contribution in [-0.4, -0.2) is 0 Å². The van der Waals surface area contributed by atoms with E-state index in [-0.39, 0.29) is 0 Å². The molecule has 0 saturated carbocycles. The molecule has 11 heavy (non-hydrogen) atoms. The number of rotatable bonds is 4. The van der Waals surface area contributed by atoms with Gasteiger partial charge < -0.3 is 0 Å². The first-order chi connectivity index (χ1) is 4.80. The molecule has 0 aromatic heterocycles. The summed E-state index contributed by atoms with van der Waals surface area (Å²) in [7, 11) is 8.32. The Morgan fingerprint density at radius 1 is 0.727 bits per heavy atom. The van der Waals surface area contributed by atoms with Crippen LogP contribution >= 0.6 is 19.4 Å². The summed E-state index contributed by atoms with van der Waals surface area (Å²) in [6.07, 6.45) is 0. The summed E-state index contributed by atoms with van der Waals surface area (Å²) in [6.45, 7) is 14.3. The van der Waals surface area contributed by atoms with Crippen molar-refractivity contribution in [3.8, 4) is 0 Å². The fourth-order valence-electron chi connectivity index (χ4n) is 0.333. The van der Waals surface area contributed by atoms with Gasteiger partial charge in [0.05, 0.1) is 0 Å². The van der Waals surface area contributed by atoms with Crippen molar-refractivity contribution in [3.05, 3.63) is 45.0 Å². The fraction of sp³-hybridized carbons (Fsp3) is 0. The van der Waals surface area contributed by atoms with Crippen LogP contribution < -0.4 is 0 Å². The maximum atomic E-state index is 6.25. The van der Waals surface area contributed by atoms with Crippen molar-refractivity contribution in [2.24, 2.45) is 0 Å². The van der Waals surface area contributed by atoms with Crippen molar-refractivity contribution < 1.29 is 10.4 Å². The molecule has 0 radical (unpaired) electrons. The van der Waals surface area contributed by atoms with E-state index in [2.05, 4.69) is 26.3 Å². The van der Waals surface area contributed by atoms with Gasteiger partial charge in [-0.2, -0.15) is 0 Å². The van der Waals surface area contributed by atoms with Crippen LogP contribution in [0.2, 0.25) is 0 Å². The zero-order chi connectivity index (χ0) is 9.24. The second kappa shape index (κ2) is 2.32. The van der Waals surface area contributed by atoms with Crippen LogP contribution in [0, 0.1) is 0 Å². The number of halogens is 2. The molecule has 0 aromatic rings. The van der Waals surface area contributed by atoms with Crippen molar-refractivity contribution in [2.75, 3.05) is 0 Å². The standard InChI is InChI=1S/4C2H3.2ClH.Rh/c4*1-2;;;/h4*1H,2H2;2*1H;/q;;;;;;+2/p-2. The third-order valence-electron chi connectivity index (χ3n) is 1.35. The molecule has 0 spiro atoms. The van der Waals surface area contributed by atoms with Gasteiger partial charge in [0, 0.05) is 0 Å². The zero-order valence-corrected chi connectivity index (χ0v) is 9.38. The summed E-state index contributed by atoms with van der Waals surface area (Å²) in [4.78, 5) is 0. The summed E-state index contributed by atoms with van der Waals surface area (Å²) >= 11 is 0. The monoisotopic (exact) mass is 281 g/mol. The van der Waals surface area contributed by atoms with E-state index in [9.17, 15) is 0 Å². The van der Waals surface area contributed by atoms with E-state index in [0.717, 1.165) is 0 Å². The molecule has 0 heterocycles. The molecule has 0 aliphatic carbocycles. The molecule has 0 fully saturated rings. The Bertz CT molecular complexity index is 197. The van der Waals surface area contributed by atoms with Gasteiger partial charge in [0.1, 0.15) is 0 Å². The topological polar surface area (TPSA) is 0 Å². The molecular weight excluding hydrogens is 270 g/mol. The predicted octanol–water partition coefficient (Wildman–Crippen LogP) is 4.09. The van der Waals surface area contributed by atoms with Gasteiger partial charge in [-0.15, -0.1) is 0 Å². The normalized spacial score (nSPS) is 17.3. The van der Waals surface area contributed by atoms with E-state index in [0.29, 0.717) is 0 Å². The Hall–Kier alpha value is 0.163. The van der Waals surface area contributed by atoms with Crippen LogP contribution in [0.4, 0.5) is 0 Å². The first-order valence-corrected chi connectivity index (χ1v) is 10.7. The Balaban J connectivity index is 5.80. The average Bonchev–Trinajstić information content (AvgIpc) is 2.07. The van der Waals surface area contributed by atoms with Gasteiger partial charge in [0.25, 0.3) is 0 Å². The Kier molecular flexibility index (Phi) is 2.36. The SMILES string of the molecule is C=[CH][Rh]([Cl])([Cl])([CH]=C)([CH]=C)[CH]=C. The molecule has 0 nitrogen and oxygen atoms in total. The molecule has 0 saturated heterocycles. The predicted molar refractivity (Wildman–Crippen MR) is 52.5 cm³/mol. The Labute approximate surface area is 74.6 Å². The molecule has 0 N–H and O–H groups in total. The average molecular weight is 282 g/mol. The second-order valence-corrected chi connectivity index (χ2v) is 20.0. The summed E-state index contributed by atoms with van der Waals surface area (Å²) < 4.78 is 5.97. The Morgan fingerprint density at radius 2 is 0.909 bits per heavy atom. The Morgan fingerprint density at radius 3 is 0.909 bits per heavy atom. The van der Waals surface area contributed by atoms with Crippen LogP contribution in [0.25, 0.3) is 0 Å². The molecule has 0 rings (SSSR count). The molecule has 0 amide bonds. The minimum atomic E-state index is -4.19. The first-order valence-electron chi connectivity index (χ1n) is 2.65. The van der Waals surface area contributed by atoms with Gasteiger partial charge in [-0.1, -0.05) is 0 Å². The van der Waals surface area contributed by atoms with Gasteiger partial charge in [0.15, 0.2) is 0 Å². The second-order valence-electron chi connectivity index (χ2n) is 1.84. The summed E-state index contributed by atoms with van der Waals surface area (Å²) in [5, 5.41) is 0. The van der Waals surface area contributed by atoms with Crippen molar-refractivity contribution in [3.63, 3.8) is 0 Å². The number of hydrogen-bond donors (Lipinski definition) is 0. The molecule has 0 unspecified atom stereocenters. The fourth-order valence-corrected chi connectivity index (χ4v) is 1.97. The van der Waals surface area contributed by atoms with Gasteiger partial charge in [-0.3, -0.25) is 0 Å². The molecular formula is C8H12Cl2Rh. The molecule has 0 aromatic carbocycles. The zero-order valence-electron chi connectivity index (χ0n) is 6.23. The van der Waals surface area contributed by atoms with Gasteiger partial charge in [-0.05, 0) is 0 Å². The van der Waals surface area contributed by atoms with Crippen LogP contribution in [0.1, 0.15) is 0 Å². The summed E-state index contributed by atoms with van der Waals surface area (Å²) in [6, 6.07) is 0. The molecule has 0 aliphatic heterocycles. The van der Waals surface area contributed by atoms with E-state index in [1.165, 1.54) is 18.7 Å². The van der Waals surface area contributed by atoms with Gasteiger partial charge in [-0.25, -0.2) is 0 Å². The van der Waals surface area contributed by atoms with Crippen molar-refractivity contribution in [2.45, 2.75) is 0 Å². The third kappa shape index (κ3) is 1.67. The minimum absolute atomic E-state index is 1.49. The van der Waals surface area contributed by atoms with Crippen molar-refractivity contribution >= 4 is 19.4 Å². The molecule has 0 atom stereocenters. The van der Waals surface area contributed by atoms with E-state index >= 15 is 0 Å². The van der Waals surface area contributed by atoms with E-state index in [4.69, 9.17) is 19.4 Å². The van der Waals surface area contributed by atoms with Crippen LogP contribution in [0.15, 0.2) is 45.0 Å².